The van der Waals surface area contributed by atoms with Crippen LogP contribution in [-0.4, -0.2) is 29.8 Å². The Balaban J connectivity index is 0.000000262. The molecule has 0 amide bonds. The summed E-state index contributed by atoms with van der Waals surface area (Å²) in [7, 11) is 0. The first-order chi connectivity index (χ1) is 14.5. The van der Waals surface area contributed by atoms with E-state index >= 15 is 0 Å². The van der Waals surface area contributed by atoms with Gasteiger partial charge in [-0.1, -0.05) is 0 Å². The third-order valence-electron chi connectivity index (χ3n) is 6.03. The van der Waals surface area contributed by atoms with Crippen LogP contribution in [0.25, 0.3) is 0 Å². The van der Waals surface area contributed by atoms with E-state index in [9.17, 15) is 0 Å². The van der Waals surface area contributed by atoms with Crippen LogP contribution >= 0.6 is 0 Å². The predicted molar refractivity (Wildman–Crippen MR) is 144 cm³/mol. The Morgan fingerprint density at radius 2 is 0.742 bits per heavy atom. The Morgan fingerprint density at radius 1 is 0.484 bits per heavy atom. The first kappa shape index (κ1) is 26.0. The summed E-state index contributed by atoms with van der Waals surface area (Å²) in [5, 5.41) is 0. The Bertz CT molecular complexity index is 950. The number of aryl methyl sites for hydroxylation is 9. The molecule has 31 heavy (non-hydrogen) atoms. The Kier molecular flexibility index (Phi) is 9.27. The van der Waals surface area contributed by atoms with Crippen LogP contribution in [0.15, 0.2) is 36.4 Å². The number of benzene rings is 3. The van der Waals surface area contributed by atoms with Gasteiger partial charge in [0.05, 0.1) is 0 Å². The Hall–Kier alpha value is -1.25. The fourth-order valence-corrected chi connectivity index (χ4v) is 13.3. The van der Waals surface area contributed by atoms with Gasteiger partial charge >= 0.3 is 203 Å². The Morgan fingerprint density at radius 3 is 1.00 bits per heavy atom. The summed E-state index contributed by atoms with van der Waals surface area (Å²) in [5.41, 5.74) is 13.1. The van der Waals surface area contributed by atoms with E-state index in [2.05, 4.69) is 110 Å². The van der Waals surface area contributed by atoms with Crippen LogP contribution in [0, 0.1) is 62.3 Å². The topological polar surface area (TPSA) is 0 Å². The van der Waals surface area contributed by atoms with E-state index in [0.717, 1.165) is 0 Å². The van der Waals surface area contributed by atoms with Gasteiger partial charge in [0.25, 0.3) is 0 Å². The normalized spacial score (nSPS) is 10.8. The third-order valence-corrected chi connectivity index (χ3v) is 15.2. The summed E-state index contributed by atoms with van der Waals surface area (Å²) < 4.78 is 4.95. The monoisotopic (exact) mass is 535 g/mol. The maximum absolute atomic E-state index is 2.51. The van der Waals surface area contributed by atoms with Crippen LogP contribution in [-0.2, 0) is 0 Å². The van der Waals surface area contributed by atoms with Gasteiger partial charge < -0.3 is 0 Å². The number of hydrogen-bond donors (Lipinski definition) is 0. The molecule has 0 bridgehead atoms. The molecule has 0 saturated heterocycles. The molecule has 3 rings (SSSR count). The summed E-state index contributed by atoms with van der Waals surface area (Å²) in [4.78, 5) is 0. The van der Waals surface area contributed by atoms with E-state index in [1.807, 2.05) is 0 Å². The quantitative estimate of drug-likeness (QED) is 0.376. The molecule has 0 aliphatic carbocycles. The van der Waals surface area contributed by atoms with Crippen molar-refractivity contribution < 1.29 is 0 Å². The average Bonchev–Trinajstić information content (AvgIpc) is 2.60. The zero-order valence-corrected chi connectivity index (χ0v) is 25.7. The second-order valence-corrected chi connectivity index (χ2v) is 16.0. The first-order valence-corrected chi connectivity index (χ1v) is 18.6. The summed E-state index contributed by atoms with van der Waals surface area (Å²) in [6.07, 6.45) is 0. The second-order valence-electron chi connectivity index (χ2n) is 9.20. The van der Waals surface area contributed by atoms with Gasteiger partial charge in [-0.25, -0.2) is 0 Å². The van der Waals surface area contributed by atoms with E-state index < -0.39 is 14.3 Å². The third kappa shape index (κ3) is 6.39. The Labute approximate surface area is 202 Å². The van der Waals surface area contributed by atoms with Crippen LogP contribution in [0.3, 0.4) is 0 Å². The molecule has 2 heteroatoms. The molecule has 3 aromatic carbocycles. The molecule has 0 nitrogen and oxygen atoms in total. The first-order valence-electron chi connectivity index (χ1n) is 11.2. The average molecular weight is 533 g/mol. The fraction of sp³-hybridized carbons (Fsp3) is 0.379. The molecule has 0 aromatic heterocycles. The predicted octanol–water partition coefficient (Wildman–Crippen LogP) is 5.77. The van der Waals surface area contributed by atoms with Gasteiger partial charge in [-0.3, -0.25) is 0 Å². The minimum absolute atomic E-state index is 0.131. The molecular weight excluding hydrogens is 494 g/mol. The molecule has 0 aliphatic heterocycles. The number of hydrogen-bond acceptors (Lipinski definition) is 0. The molecule has 0 aliphatic rings. The standard InChI is InChI=1S/C19H25Ge.C10H14Ge/c1-12-8-14(3)18(15(4)9-12)20(7)19-16(5)10-13(2)11-17(19)6;1-7-5-8(2)10(11-4)9(3)6-7/h8-11H,1-7H3;5-6H,1-4H3. The van der Waals surface area contributed by atoms with Crippen molar-refractivity contribution in [2.45, 2.75) is 73.8 Å². The molecule has 0 atom stereocenters. The van der Waals surface area contributed by atoms with E-state index in [1.165, 1.54) is 50.1 Å². The van der Waals surface area contributed by atoms with E-state index in [-0.39, 0.29) is 15.4 Å². The van der Waals surface area contributed by atoms with Gasteiger partial charge in [0.15, 0.2) is 0 Å². The van der Waals surface area contributed by atoms with Crippen molar-refractivity contribution in [2.75, 3.05) is 0 Å². The molecule has 0 saturated carbocycles. The second kappa shape index (κ2) is 11.1. The molecule has 3 radical (unpaired) electrons. The molecule has 0 unspecified atom stereocenters. The van der Waals surface area contributed by atoms with Gasteiger partial charge in [0.1, 0.15) is 0 Å². The zero-order chi connectivity index (χ0) is 23.5. The summed E-state index contributed by atoms with van der Waals surface area (Å²) in [5.74, 6) is 4.85. The summed E-state index contributed by atoms with van der Waals surface area (Å²) in [6.45, 7) is 20.1. The van der Waals surface area contributed by atoms with Crippen molar-refractivity contribution in [1.29, 1.82) is 0 Å². The molecule has 163 valence electrons. The van der Waals surface area contributed by atoms with E-state index in [0.29, 0.717) is 0 Å². The van der Waals surface area contributed by atoms with Crippen molar-refractivity contribution in [3.05, 3.63) is 86.5 Å². The van der Waals surface area contributed by atoms with E-state index in [1.54, 1.807) is 13.2 Å². The molecule has 0 spiro atoms. The van der Waals surface area contributed by atoms with Crippen LogP contribution in [0.2, 0.25) is 11.5 Å². The van der Waals surface area contributed by atoms with Gasteiger partial charge in [-0.15, -0.1) is 0 Å². The number of rotatable bonds is 3. The van der Waals surface area contributed by atoms with Crippen molar-refractivity contribution in [1.82, 2.24) is 0 Å². The van der Waals surface area contributed by atoms with Crippen LogP contribution in [0.5, 0.6) is 0 Å². The van der Waals surface area contributed by atoms with Gasteiger partial charge in [0.2, 0.25) is 0 Å². The maximum atomic E-state index is 2.51. The molecular formula is C29H39Ge2. The minimum atomic E-state index is -1.43. The van der Waals surface area contributed by atoms with Crippen molar-refractivity contribution in [3.63, 3.8) is 0 Å². The summed E-state index contributed by atoms with van der Waals surface area (Å²) >= 11 is -1.30. The molecule has 0 fully saturated rings. The molecule has 3 aromatic rings. The SMILES string of the molecule is Cc1cc(C)[c]([Ge]([CH3])[c]2c(C)cc(C)cc2C)c(C)c1.[CH3][Ge][c]1c(C)cc(C)cc1C. The van der Waals surface area contributed by atoms with Gasteiger partial charge in [0, 0.05) is 0 Å². The van der Waals surface area contributed by atoms with Crippen LogP contribution in [0.4, 0.5) is 0 Å². The zero-order valence-electron chi connectivity index (χ0n) is 21.5. The van der Waals surface area contributed by atoms with Crippen molar-refractivity contribution >= 4 is 43.0 Å². The fourth-order valence-electron chi connectivity index (χ4n) is 5.24. The molecule has 0 heterocycles. The van der Waals surface area contributed by atoms with Crippen LogP contribution < -0.4 is 13.2 Å². The van der Waals surface area contributed by atoms with E-state index in [4.69, 9.17) is 0 Å². The molecule has 0 N–H and O–H groups in total. The van der Waals surface area contributed by atoms with Crippen LogP contribution in [0.1, 0.15) is 50.1 Å². The summed E-state index contributed by atoms with van der Waals surface area (Å²) in [6, 6.07) is 14.0. The van der Waals surface area contributed by atoms with Gasteiger partial charge in [-0.2, -0.15) is 0 Å². The van der Waals surface area contributed by atoms with Crippen molar-refractivity contribution in [2.24, 2.45) is 0 Å². The van der Waals surface area contributed by atoms with Gasteiger partial charge in [-0.05, 0) is 0 Å². The van der Waals surface area contributed by atoms with Crippen molar-refractivity contribution in [3.8, 4) is 0 Å².